The van der Waals surface area contributed by atoms with E-state index in [1.165, 1.54) is 43.4 Å². The van der Waals surface area contributed by atoms with Crippen molar-refractivity contribution in [3.63, 3.8) is 0 Å². The summed E-state index contributed by atoms with van der Waals surface area (Å²) in [5.74, 6) is 0. The lowest BCUT2D eigenvalue weighted by molar-refractivity contribution is 0.122. The number of aliphatic hydroxyl groups excluding tert-OH is 1. The molecule has 0 spiro atoms. The van der Waals surface area contributed by atoms with Crippen molar-refractivity contribution in [2.24, 2.45) is 0 Å². The second-order valence-corrected chi connectivity index (χ2v) is 5.05. The van der Waals surface area contributed by atoms with Crippen LogP contribution in [-0.4, -0.2) is 35.2 Å². The SMILES string of the molecule is OCC1CCCN1C1Cc2ccccc2C1. The number of fused-ring (bicyclic) bond motifs is 1. The van der Waals surface area contributed by atoms with Gasteiger partial charge in [0.05, 0.1) is 6.61 Å². The lowest BCUT2D eigenvalue weighted by Gasteiger charge is -2.29. The van der Waals surface area contributed by atoms with Crippen LogP contribution in [0.25, 0.3) is 0 Å². The van der Waals surface area contributed by atoms with Crippen molar-refractivity contribution in [2.75, 3.05) is 13.2 Å². The highest BCUT2D eigenvalue weighted by Crippen LogP contribution is 2.30. The lowest BCUT2D eigenvalue weighted by atomic mass is 10.1. The quantitative estimate of drug-likeness (QED) is 0.813. The third kappa shape index (κ3) is 1.66. The van der Waals surface area contributed by atoms with E-state index in [4.69, 9.17) is 0 Å². The Balaban J connectivity index is 1.76. The predicted octanol–water partition coefficient (Wildman–Crippen LogP) is 1.61. The molecule has 2 aliphatic rings. The number of likely N-dealkylation sites (tertiary alicyclic amines) is 1. The molecule has 1 unspecified atom stereocenters. The zero-order valence-electron chi connectivity index (χ0n) is 9.60. The molecule has 1 aliphatic carbocycles. The molecule has 86 valence electrons. The summed E-state index contributed by atoms with van der Waals surface area (Å²) < 4.78 is 0. The van der Waals surface area contributed by atoms with E-state index in [9.17, 15) is 5.11 Å². The lowest BCUT2D eigenvalue weighted by Crippen LogP contribution is -2.41. The number of benzene rings is 1. The van der Waals surface area contributed by atoms with Crippen LogP contribution < -0.4 is 0 Å². The first-order chi connectivity index (χ1) is 7.88. The Hall–Kier alpha value is -0.860. The maximum atomic E-state index is 9.37. The Morgan fingerprint density at radius 3 is 2.50 bits per heavy atom. The fourth-order valence-electron chi connectivity index (χ4n) is 3.30. The van der Waals surface area contributed by atoms with E-state index in [0.29, 0.717) is 18.7 Å². The summed E-state index contributed by atoms with van der Waals surface area (Å²) in [6.45, 7) is 1.50. The molecule has 1 atom stereocenters. The van der Waals surface area contributed by atoms with E-state index in [2.05, 4.69) is 29.2 Å². The Kier molecular flexibility index (Phi) is 2.70. The van der Waals surface area contributed by atoms with E-state index >= 15 is 0 Å². The maximum absolute atomic E-state index is 9.37. The molecule has 1 aliphatic heterocycles. The van der Waals surface area contributed by atoms with Gasteiger partial charge in [0, 0.05) is 12.1 Å². The van der Waals surface area contributed by atoms with Gasteiger partial charge in [0.15, 0.2) is 0 Å². The van der Waals surface area contributed by atoms with Crippen LogP contribution in [0.5, 0.6) is 0 Å². The first-order valence-corrected chi connectivity index (χ1v) is 6.32. The van der Waals surface area contributed by atoms with Crippen molar-refractivity contribution in [1.29, 1.82) is 0 Å². The minimum atomic E-state index is 0.326. The monoisotopic (exact) mass is 217 g/mol. The molecule has 1 fully saturated rings. The van der Waals surface area contributed by atoms with Gasteiger partial charge in [0.1, 0.15) is 0 Å². The molecule has 2 nitrogen and oxygen atoms in total. The van der Waals surface area contributed by atoms with E-state index < -0.39 is 0 Å². The standard InChI is InChI=1S/C14H19NO/c16-10-13-6-3-7-15(13)14-8-11-4-1-2-5-12(11)9-14/h1-2,4-5,13-14,16H,3,6-10H2. The van der Waals surface area contributed by atoms with Gasteiger partial charge < -0.3 is 5.11 Å². The van der Waals surface area contributed by atoms with Crippen molar-refractivity contribution in [3.8, 4) is 0 Å². The summed E-state index contributed by atoms with van der Waals surface area (Å²) in [5, 5.41) is 9.37. The third-order valence-corrected chi connectivity index (χ3v) is 4.13. The Bertz CT molecular complexity index is 352. The van der Waals surface area contributed by atoms with Crippen LogP contribution in [0.3, 0.4) is 0 Å². The van der Waals surface area contributed by atoms with E-state index in [0.717, 1.165) is 0 Å². The predicted molar refractivity (Wildman–Crippen MR) is 64.5 cm³/mol. The van der Waals surface area contributed by atoms with E-state index in [1.807, 2.05) is 0 Å². The number of hydrogen-bond donors (Lipinski definition) is 1. The number of aliphatic hydroxyl groups is 1. The molecular weight excluding hydrogens is 198 g/mol. The van der Waals surface area contributed by atoms with E-state index in [1.54, 1.807) is 0 Å². The molecule has 0 bridgehead atoms. The first-order valence-electron chi connectivity index (χ1n) is 6.32. The molecule has 1 N–H and O–H groups in total. The zero-order valence-corrected chi connectivity index (χ0v) is 9.60. The van der Waals surface area contributed by atoms with Crippen LogP contribution in [0.1, 0.15) is 24.0 Å². The molecule has 1 aromatic rings. The fraction of sp³-hybridized carbons (Fsp3) is 0.571. The average molecular weight is 217 g/mol. The van der Waals surface area contributed by atoms with Crippen LogP contribution in [0.4, 0.5) is 0 Å². The molecule has 3 rings (SSSR count). The van der Waals surface area contributed by atoms with Gasteiger partial charge in [-0.05, 0) is 43.4 Å². The van der Waals surface area contributed by atoms with Gasteiger partial charge >= 0.3 is 0 Å². The summed E-state index contributed by atoms with van der Waals surface area (Å²) >= 11 is 0. The Morgan fingerprint density at radius 1 is 1.19 bits per heavy atom. The molecule has 1 heterocycles. The second kappa shape index (κ2) is 4.19. The highest BCUT2D eigenvalue weighted by molar-refractivity contribution is 5.33. The molecule has 1 saturated heterocycles. The molecule has 0 aromatic heterocycles. The third-order valence-electron chi connectivity index (χ3n) is 4.13. The normalized spacial score (nSPS) is 26.2. The van der Waals surface area contributed by atoms with Crippen LogP contribution in [-0.2, 0) is 12.8 Å². The molecule has 0 amide bonds. The van der Waals surface area contributed by atoms with Crippen LogP contribution >= 0.6 is 0 Å². The summed E-state index contributed by atoms with van der Waals surface area (Å²) in [5.41, 5.74) is 3.02. The largest absolute Gasteiger partial charge is 0.395 e. The molecule has 0 saturated carbocycles. The smallest absolute Gasteiger partial charge is 0.0586 e. The molecular formula is C14H19NO. The summed E-state index contributed by atoms with van der Waals surface area (Å²) in [6, 6.07) is 9.82. The number of nitrogens with zero attached hydrogens (tertiary/aromatic N) is 1. The highest BCUT2D eigenvalue weighted by atomic mass is 16.3. The number of rotatable bonds is 2. The van der Waals surface area contributed by atoms with Gasteiger partial charge in [-0.3, -0.25) is 4.90 Å². The van der Waals surface area contributed by atoms with Gasteiger partial charge in [-0.25, -0.2) is 0 Å². The second-order valence-electron chi connectivity index (χ2n) is 5.05. The number of hydrogen-bond acceptors (Lipinski definition) is 2. The van der Waals surface area contributed by atoms with Crippen molar-refractivity contribution < 1.29 is 5.11 Å². The molecule has 1 aromatic carbocycles. The Labute approximate surface area is 96.9 Å². The van der Waals surface area contributed by atoms with Crippen molar-refractivity contribution in [3.05, 3.63) is 35.4 Å². The van der Waals surface area contributed by atoms with Crippen molar-refractivity contribution in [2.45, 2.75) is 37.8 Å². The van der Waals surface area contributed by atoms with Gasteiger partial charge in [-0.1, -0.05) is 24.3 Å². The van der Waals surface area contributed by atoms with E-state index in [-0.39, 0.29) is 0 Å². The maximum Gasteiger partial charge on any atom is 0.0586 e. The summed E-state index contributed by atoms with van der Waals surface area (Å²) in [7, 11) is 0. The minimum absolute atomic E-state index is 0.326. The fourth-order valence-corrected chi connectivity index (χ4v) is 3.30. The van der Waals surface area contributed by atoms with Gasteiger partial charge in [0.25, 0.3) is 0 Å². The van der Waals surface area contributed by atoms with Crippen LogP contribution in [0.2, 0.25) is 0 Å². The van der Waals surface area contributed by atoms with Crippen molar-refractivity contribution >= 4 is 0 Å². The van der Waals surface area contributed by atoms with Gasteiger partial charge in [-0.2, -0.15) is 0 Å². The van der Waals surface area contributed by atoms with Crippen LogP contribution in [0, 0.1) is 0 Å². The summed E-state index contributed by atoms with van der Waals surface area (Å²) in [4.78, 5) is 2.53. The molecule has 16 heavy (non-hydrogen) atoms. The van der Waals surface area contributed by atoms with Crippen LogP contribution in [0.15, 0.2) is 24.3 Å². The highest BCUT2D eigenvalue weighted by Gasteiger charge is 2.33. The summed E-state index contributed by atoms with van der Waals surface area (Å²) in [6.07, 6.45) is 4.76. The average Bonchev–Trinajstić information content (AvgIpc) is 2.94. The zero-order chi connectivity index (χ0) is 11.0. The minimum Gasteiger partial charge on any atom is -0.395 e. The Morgan fingerprint density at radius 2 is 1.88 bits per heavy atom. The topological polar surface area (TPSA) is 23.5 Å². The van der Waals surface area contributed by atoms with Gasteiger partial charge in [0.2, 0.25) is 0 Å². The first kappa shape index (κ1) is 10.3. The molecule has 0 radical (unpaired) electrons. The molecule has 2 heteroatoms. The van der Waals surface area contributed by atoms with Gasteiger partial charge in [-0.15, -0.1) is 0 Å². The van der Waals surface area contributed by atoms with Crippen molar-refractivity contribution in [1.82, 2.24) is 4.90 Å².